The molecule has 1 aliphatic heterocycles. The Balaban J connectivity index is 1.61. The van der Waals surface area contributed by atoms with Crippen LogP contribution in [0.5, 0.6) is 5.88 Å². The highest BCUT2D eigenvalue weighted by Crippen LogP contribution is 2.33. The number of fused-ring (bicyclic) bond motifs is 1. The van der Waals surface area contributed by atoms with Gasteiger partial charge < -0.3 is 15.4 Å². The van der Waals surface area contributed by atoms with E-state index in [4.69, 9.17) is 0 Å². The molecule has 0 atom stereocenters. The van der Waals surface area contributed by atoms with E-state index >= 15 is 0 Å². The molecule has 0 amide bonds. The molecule has 6 heteroatoms. The number of aryl methyl sites for hydroxylation is 1. The summed E-state index contributed by atoms with van der Waals surface area (Å²) >= 11 is 0. The molecule has 1 saturated carbocycles. The number of H-pyrrole nitrogens is 1. The Bertz CT molecular complexity index is 786. The van der Waals surface area contributed by atoms with Crippen molar-refractivity contribution in [1.82, 2.24) is 15.0 Å². The molecule has 0 bridgehead atoms. The second-order valence-corrected chi connectivity index (χ2v) is 5.89. The van der Waals surface area contributed by atoms with E-state index in [-0.39, 0.29) is 5.88 Å². The molecule has 22 heavy (non-hydrogen) atoms. The van der Waals surface area contributed by atoms with Gasteiger partial charge in [0.1, 0.15) is 5.69 Å². The molecule has 112 valence electrons. The first kappa shape index (κ1) is 13.1. The number of anilines is 1. The molecule has 4 rings (SSSR count). The first-order chi connectivity index (χ1) is 10.7. The highest BCUT2D eigenvalue weighted by Gasteiger charge is 2.21. The van der Waals surface area contributed by atoms with Crippen LogP contribution < -0.4 is 5.32 Å². The van der Waals surface area contributed by atoms with E-state index < -0.39 is 0 Å². The van der Waals surface area contributed by atoms with Crippen LogP contribution in [-0.4, -0.2) is 32.8 Å². The minimum Gasteiger partial charge on any atom is -0.492 e. The molecule has 2 aliphatic rings. The molecule has 0 aromatic carbocycles. The number of allylic oxidation sites excluding steroid dienone is 1. The van der Waals surface area contributed by atoms with Crippen LogP contribution in [0.3, 0.4) is 0 Å². The smallest absolute Gasteiger partial charge is 0.238 e. The van der Waals surface area contributed by atoms with Gasteiger partial charge in [-0.3, -0.25) is 0 Å². The Labute approximate surface area is 128 Å². The van der Waals surface area contributed by atoms with Crippen LogP contribution in [0.4, 0.5) is 11.8 Å². The Hall–Kier alpha value is -2.63. The lowest BCUT2D eigenvalue weighted by Gasteiger charge is -2.00. The van der Waals surface area contributed by atoms with Gasteiger partial charge in [0.15, 0.2) is 5.82 Å². The van der Waals surface area contributed by atoms with Crippen LogP contribution in [0.25, 0.3) is 11.6 Å². The third-order valence-electron chi connectivity index (χ3n) is 3.91. The fourth-order valence-electron chi connectivity index (χ4n) is 2.47. The highest BCUT2D eigenvalue weighted by atomic mass is 16.3. The monoisotopic (exact) mass is 295 g/mol. The topological polar surface area (TPSA) is 86.2 Å². The van der Waals surface area contributed by atoms with Crippen molar-refractivity contribution in [3.8, 4) is 5.88 Å². The van der Waals surface area contributed by atoms with Gasteiger partial charge in [0, 0.05) is 30.1 Å². The molecule has 0 saturated heterocycles. The van der Waals surface area contributed by atoms with Gasteiger partial charge in [-0.05, 0) is 43.4 Å². The minimum absolute atomic E-state index is 0.00624. The van der Waals surface area contributed by atoms with E-state index in [0.717, 1.165) is 29.2 Å². The number of nitrogens with one attached hydrogen (secondary N) is 2. The van der Waals surface area contributed by atoms with Gasteiger partial charge in [0.05, 0.1) is 0 Å². The van der Waals surface area contributed by atoms with Crippen molar-refractivity contribution in [2.24, 2.45) is 10.9 Å². The summed E-state index contributed by atoms with van der Waals surface area (Å²) in [5.74, 6) is 2.06. The summed E-state index contributed by atoms with van der Waals surface area (Å²) in [5.41, 5.74) is 3.55. The number of aromatic amines is 1. The van der Waals surface area contributed by atoms with Crippen molar-refractivity contribution >= 4 is 29.6 Å². The summed E-state index contributed by atoms with van der Waals surface area (Å²) in [6.07, 6.45) is 7.95. The first-order valence-electron chi connectivity index (χ1n) is 7.44. The predicted molar refractivity (Wildman–Crippen MR) is 86.5 cm³/mol. The number of rotatable bonds is 4. The zero-order valence-electron chi connectivity index (χ0n) is 12.3. The number of imidazole rings is 1. The zero-order chi connectivity index (χ0) is 15.1. The molecule has 0 unspecified atom stereocenters. The fourth-order valence-corrected chi connectivity index (χ4v) is 2.47. The Morgan fingerprint density at radius 2 is 2.32 bits per heavy atom. The molecule has 3 N–H and O–H groups in total. The summed E-state index contributed by atoms with van der Waals surface area (Å²) in [6.45, 7) is 2.90. The second-order valence-electron chi connectivity index (χ2n) is 5.89. The largest absolute Gasteiger partial charge is 0.492 e. The highest BCUT2D eigenvalue weighted by molar-refractivity contribution is 6.21. The van der Waals surface area contributed by atoms with Crippen LogP contribution in [-0.2, 0) is 0 Å². The van der Waals surface area contributed by atoms with Crippen molar-refractivity contribution in [1.29, 1.82) is 0 Å². The van der Waals surface area contributed by atoms with Crippen molar-refractivity contribution in [3.63, 3.8) is 0 Å². The summed E-state index contributed by atoms with van der Waals surface area (Å²) in [6, 6.07) is 2.04. The van der Waals surface area contributed by atoms with Gasteiger partial charge >= 0.3 is 0 Å². The molecule has 0 spiro atoms. The third-order valence-corrected chi connectivity index (χ3v) is 3.91. The molecule has 6 nitrogen and oxygen atoms in total. The van der Waals surface area contributed by atoms with Gasteiger partial charge in [0.25, 0.3) is 0 Å². The van der Waals surface area contributed by atoms with Crippen molar-refractivity contribution in [2.45, 2.75) is 19.8 Å². The van der Waals surface area contributed by atoms with E-state index in [0.29, 0.717) is 17.5 Å². The van der Waals surface area contributed by atoms with Crippen molar-refractivity contribution in [3.05, 3.63) is 29.1 Å². The number of hydrogen-bond donors (Lipinski definition) is 3. The van der Waals surface area contributed by atoms with E-state index in [1.807, 2.05) is 19.1 Å². The fraction of sp³-hybridized carbons (Fsp3) is 0.312. The minimum atomic E-state index is -0.00624. The van der Waals surface area contributed by atoms with Gasteiger partial charge in [-0.2, -0.15) is 4.98 Å². The molecular weight excluding hydrogens is 278 g/mol. The van der Waals surface area contributed by atoms with E-state index in [2.05, 4.69) is 25.3 Å². The summed E-state index contributed by atoms with van der Waals surface area (Å²) in [4.78, 5) is 15.8. The molecule has 1 fully saturated rings. The Morgan fingerprint density at radius 3 is 3.14 bits per heavy atom. The molecule has 1 aliphatic carbocycles. The maximum Gasteiger partial charge on any atom is 0.238 e. The average molecular weight is 295 g/mol. The van der Waals surface area contributed by atoms with Crippen LogP contribution in [0.2, 0.25) is 0 Å². The molecule has 2 aromatic rings. The van der Waals surface area contributed by atoms with Crippen LogP contribution in [0, 0.1) is 12.8 Å². The number of hydrogen-bond acceptors (Lipinski definition) is 5. The van der Waals surface area contributed by atoms with Gasteiger partial charge in [-0.15, -0.1) is 0 Å². The maximum absolute atomic E-state index is 9.99. The van der Waals surface area contributed by atoms with Gasteiger partial charge in [-0.1, -0.05) is 0 Å². The van der Waals surface area contributed by atoms with Crippen molar-refractivity contribution < 1.29 is 5.11 Å². The standard InChI is InChI=1S/C16H17N5O/c1-9-4-12-11(8-18-14(12)17-6-9)5-13-15(22)21-16(20-13)19-7-10-2-3-10/h4-6,8,10,22H,2-3,7H2,1H3,(H2,19,20,21)/b11-5-. The van der Waals surface area contributed by atoms with Crippen LogP contribution in [0.1, 0.15) is 29.7 Å². The van der Waals surface area contributed by atoms with Gasteiger partial charge in [-0.25, -0.2) is 9.98 Å². The number of pyridine rings is 1. The van der Waals surface area contributed by atoms with Crippen molar-refractivity contribution in [2.75, 3.05) is 11.9 Å². The Kier molecular flexibility index (Phi) is 2.96. The van der Waals surface area contributed by atoms with Crippen LogP contribution in [0.15, 0.2) is 17.3 Å². The number of aliphatic imine (C=N–C) groups is 1. The van der Waals surface area contributed by atoms with E-state index in [1.165, 1.54) is 12.8 Å². The SMILES string of the molecule is Cc1cnc2c(c1)/C(=C\c1[nH]c(NCC3CC3)nc1O)C=N2. The number of aromatic nitrogens is 3. The zero-order valence-corrected chi connectivity index (χ0v) is 12.3. The van der Waals surface area contributed by atoms with E-state index in [9.17, 15) is 5.11 Å². The Morgan fingerprint density at radius 1 is 1.45 bits per heavy atom. The number of aromatic hydroxyl groups is 1. The lowest BCUT2D eigenvalue weighted by Crippen LogP contribution is -2.04. The third kappa shape index (κ3) is 2.47. The molecular formula is C16H17N5O. The lowest BCUT2D eigenvalue weighted by molar-refractivity contribution is 0.455. The summed E-state index contributed by atoms with van der Waals surface area (Å²) in [7, 11) is 0. The summed E-state index contributed by atoms with van der Waals surface area (Å²) < 4.78 is 0. The molecule has 2 aromatic heterocycles. The number of nitrogens with zero attached hydrogens (tertiary/aromatic N) is 3. The lowest BCUT2D eigenvalue weighted by atomic mass is 10.1. The molecule has 3 heterocycles. The summed E-state index contributed by atoms with van der Waals surface area (Å²) in [5, 5.41) is 13.2. The van der Waals surface area contributed by atoms with Crippen LogP contribution >= 0.6 is 0 Å². The van der Waals surface area contributed by atoms with E-state index in [1.54, 1.807) is 12.4 Å². The second kappa shape index (κ2) is 4.98. The quantitative estimate of drug-likeness (QED) is 0.809. The normalized spacial score (nSPS) is 18.0. The first-order valence-corrected chi connectivity index (χ1v) is 7.44. The average Bonchev–Trinajstić information content (AvgIpc) is 3.16. The molecule has 0 radical (unpaired) electrons. The maximum atomic E-state index is 9.99. The van der Waals surface area contributed by atoms with Gasteiger partial charge in [0.2, 0.25) is 11.8 Å². The predicted octanol–water partition coefficient (Wildman–Crippen LogP) is 2.90.